The number of amides is 3. The van der Waals surface area contributed by atoms with Crippen molar-refractivity contribution in [2.45, 2.75) is 53.0 Å². The minimum atomic E-state index is -0.252. The molecule has 128 valence electrons. The van der Waals surface area contributed by atoms with Crippen molar-refractivity contribution in [2.24, 2.45) is 5.41 Å². The van der Waals surface area contributed by atoms with Gasteiger partial charge in [0.05, 0.1) is 5.69 Å². The van der Waals surface area contributed by atoms with Crippen molar-refractivity contribution in [2.75, 3.05) is 18.4 Å². The molecule has 1 atom stereocenters. The Balaban J connectivity index is 1.80. The number of thiazole rings is 1. The zero-order chi connectivity index (χ0) is 17.0. The summed E-state index contributed by atoms with van der Waals surface area (Å²) >= 11 is 1.44. The smallest absolute Gasteiger partial charge is 0.321 e. The van der Waals surface area contributed by atoms with E-state index in [-0.39, 0.29) is 23.4 Å². The highest BCUT2D eigenvalue weighted by molar-refractivity contribution is 7.13. The van der Waals surface area contributed by atoms with E-state index in [9.17, 15) is 9.59 Å². The van der Waals surface area contributed by atoms with E-state index in [4.69, 9.17) is 0 Å². The maximum absolute atomic E-state index is 12.0. The second-order valence-electron chi connectivity index (χ2n) is 7.16. The fraction of sp³-hybridized carbons (Fsp3) is 0.688. The van der Waals surface area contributed by atoms with Gasteiger partial charge in [-0.25, -0.2) is 9.78 Å². The van der Waals surface area contributed by atoms with Gasteiger partial charge in [0, 0.05) is 30.9 Å². The molecule has 0 radical (unpaired) electrons. The third-order valence-electron chi connectivity index (χ3n) is 3.66. The molecule has 0 aromatic carbocycles. The maximum atomic E-state index is 12.0. The number of hydrogen-bond donors (Lipinski definition) is 2. The van der Waals surface area contributed by atoms with Crippen molar-refractivity contribution in [3.63, 3.8) is 0 Å². The van der Waals surface area contributed by atoms with Crippen molar-refractivity contribution in [1.82, 2.24) is 15.2 Å². The minimum Gasteiger partial charge on any atom is -0.341 e. The second kappa shape index (κ2) is 7.29. The van der Waals surface area contributed by atoms with E-state index in [1.165, 1.54) is 11.3 Å². The first-order chi connectivity index (χ1) is 10.8. The average molecular weight is 338 g/mol. The molecular formula is C16H26N4O2S. The number of urea groups is 1. The van der Waals surface area contributed by atoms with Crippen LogP contribution in [0.5, 0.6) is 0 Å². The molecule has 7 heteroatoms. The van der Waals surface area contributed by atoms with Gasteiger partial charge in [0.2, 0.25) is 5.91 Å². The number of anilines is 1. The molecular weight excluding hydrogens is 312 g/mol. The highest BCUT2D eigenvalue weighted by atomic mass is 32.1. The molecule has 1 fully saturated rings. The van der Waals surface area contributed by atoms with Crippen LogP contribution in [0, 0.1) is 5.41 Å². The standard InChI is InChI=1S/C16H26N4O2S/c1-5-13(21)20-7-6-11(9-20)17-14(22)19-15-18-12(10-23-15)8-16(2,3)4/h10-11H,5-9H2,1-4H3,(H2,17,18,19,22)/t11-/m1/s1. The van der Waals surface area contributed by atoms with Gasteiger partial charge in [0.15, 0.2) is 5.13 Å². The highest BCUT2D eigenvalue weighted by Crippen LogP contribution is 2.23. The summed E-state index contributed by atoms with van der Waals surface area (Å²) in [5.41, 5.74) is 1.17. The van der Waals surface area contributed by atoms with Gasteiger partial charge < -0.3 is 10.2 Å². The summed E-state index contributed by atoms with van der Waals surface area (Å²) in [6.07, 6.45) is 2.18. The molecule has 0 aliphatic carbocycles. The quantitative estimate of drug-likeness (QED) is 0.886. The Hall–Kier alpha value is -1.63. The van der Waals surface area contributed by atoms with E-state index in [0.29, 0.717) is 24.6 Å². The Morgan fingerprint density at radius 3 is 2.83 bits per heavy atom. The van der Waals surface area contributed by atoms with Crippen molar-refractivity contribution in [3.05, 3.63) is 11.1 Å². The van der Waals surface area contributed by atoms with Crippen LogP contribution >= 0.6 is 11.3 Å². The lowest BCUT2D eigenvalue weighted by Crippen LogP contribution is -2.40. The predicted molar refractivity (Wildman–Crippen MR) is 92.7 cm³/mol. The molecule has 6 nitrogen and oxygen atoms in total. The van der Waals surface area contributed by atoms with E-state index in [1.54, 1.807) is 4.90 Å². The van der Waals surface area contributed by atoms with Gasteiger partial charge in [-0.3, -0.25) is 10.1 Å². The first-order valence-corrected chi connectivity index (χ1v) is 8.94. The average Bonchev–Trinajstić information content (AvgIpc) is 3.06. The van der Waals surface area contributed by atoms with E-state index in [1.807, 2.05) is 12.3 Å². The summed E-state index contributed by atoms with van der Waals surface area (Å²) in [4.78, 5) is 29.9. The van der Waals surface area contributed by atoms with Crippen molar-refractivity contribution < 1.29 is 9.59 Å². The Bertz CT molecular complexity index is 565. The molecule has 3 amide bonds. The van der Waals surface area contributed by atoms with Crippen LogP contribution in [-0.2, 0) is 11.2 Å². The third-order valence-corrected chi connectivity index (χ3v) is 4.47. The molecule has 1 aromatic heterocycles. The summed E-state index contributed by atoms with van der Waals surface area (Å²) in [5.74, 6) is 0.140. The number of hydrogen-bond acceptors (Lipinski definition) is 4. The SMILES string of the molecule is CCC(=O)N1CC[C@@H](NC(=O)Nc2nc(CC(C)(C)C)cs2)C1. The molecule has 1 saturated heterocycles. The van der Waals surface area contributed by atoms with Gasteiger partial charge in [-0.1, -0.05) is 27.7 Å². The molecule has 1 aromatic rings. The zero-order valence-electron chi connectivity index (χ0n) is 14.3. The van der Waals surface area contributed by atoms with Crippen LogP contribution < -0.4 is 10.6 Å². The zero-order valence-corrected chi connectivity index (χ0v) is 15.1. The topological polar surface area (TPSA) is 74.3 Å². The normalized spacial score (nSPS) is 18.1. The van der Waals surface area contributed by atoms with Gasteiger partial charge in [-0.05, 0) is 18.3 Å². The predicted octanol–water partition coefficient (Wildman–Crippen LogP) is 2.86. The Morgan fingerprint density at radius 1 is 1.43 bits per heavy atom. The maximum Gasteiger partial charge on any atom is 0.321 e. The number of aromatic nitrogens is 1. The van der Waals surface area contributed by atoms with E-state index in [0.717, 1.165) is 18.5 Å². The molecule has 23 heavy (non-hydrogen) atoms. The number of likely N-dealkylation sites (tertiary alicyclic amines) is 1. The van der Waals surface area contributed by atoms with E-state index < -0.39 is 0 Å². The summed E-state index contributed by atoms with van der Waals surface area (Å²) in [7, 11) is 0. The van der Waals surface area contributed by atoms with E-state index >= 15 is 0 Å². The molecule has 1 aliphatic heterocycles. The van der Waals surface area contributed by atoms with Gasteiger partial charge >= 0.3 is 6.03 Å². The number of nitrogens with zero attached hydrogens (tertiary/aromatic N) is 2. The molecule has 0 spiro atoms. The molecule has 2 heterocycles. The summed E-state index contributed by atoms with van der Waals surface area (Å²) < 4.78 is 0. The van der Waals surface area contributed by atoms with Crippen LogP contribution in [0.4, 0.5) is 9.93 Å². The van der Waals surface area contributed by atoms with Crippen LogP contribution in [-0.4, -0.2) is 41.0 Å². The Labute approximate surface area is 141 Å². The largest absolute Gasteiger partial charge is 0.341 e. The summed E-state index contributed by atoms with van der Waals surface area (Å²) in [6, 6.07) is -0.239. The lowest BCUT2D eigenvalue weighted by Gasteiger charge is -2.16. The Morgan fingerprint density at radius 2 is 2.17 bits per heavy atom. The van der Waals surface area contributed by atoms with Gasteiger partial charge in [0.25, 0.3) is 0 Å². The summed E-state index contributed by atoms with van der Waals surface area (Å²) in [6.45, 7) is 9.64. The molecule has 0 bridgehead atoms. The second-order valence-corrected chi connectivity index (χ2v) is 8.02. The van der Waals surface area contributed by atoms with Crippen molar-refractivity contribution in [1.29, 1.82) is 0 Å². The Kier molecular flexibility index (Phi) is 5.62. The first-order valence-electron chi connectivity index (χ1n) is 8.06. The van der Waals surface area contributed by atoms with Crippen LogP contribution in [0.15, 0.2) is 5.38 Å². The van der Waals surface area contributed by atoms with Gasteiger partial charge in [-0.2, -0.15) is 0 Å². The number of rotatable bonds is 4. The molecule has 2 N–H and O–H groups in total. The van der Waals surface area contributed by atoms with Crippen LogP contribution in [0.1, 0.15) is 46.2 Å². The fourth-order valence-electron chi connectivity index (χ4n) is 2.64. The van der Waals surface area contributed by atoms with Crippen molar-refractivity contribution >= 4 is 28.4 Å². The number of carbonyl (C=O) groups is 2. The van der Waals surface area contributed by atoms with Gasteiger partial charge in [0.1, 0.15) is 0 Å². The number of nitrogens with one attached hydrogen (secondary N) is 2. The molecule has 0 saturated carbocycles. The van der Waals surface area contributed by atoms with Gasteiger partial charge in [-0.15, -0.1) is 11.3 Å². The molecule has 2 rings (SSSR count). The third kappa shape index (κ3) is 5.49. The fourth-order valence-corrected chi connectivity index (χ4v) is 3.34. The summed E-state index contributed by atoms with van der Waals surface area (Å²) in [5, 5.41) is 8.30. The van der Waals surface area contributed by atoms with Crippen LogP contribution in [0.2, 0.25) is 0 Å². The van der Waals surface area contributed by atoms with E-state index in [2.05, 4.69) is 36.4 Å². The lowest BCUT2D eigenvalue weighted by molar-refractivity contribution is -0.129. The van der Waals surface area contributed by atoms with Crippen LogP contribution in [0.25, 0.3) is 0 Å². The minimum absolute atomic E-state index is 0.0134. The van der Waals surface area contributed by atoms with Crippen molar-refractivity contribution in [3.8, 4) is 0 Å². The highest BCUT2D eigenvalue weighted by Gasteiger charge is 2.26. The lowest BCUT2D eigenvalue weighted by atomic mass is 9.91. The molecule has 1 aliphatic rings. The first kappa shape index (κ1) is 17.7. The number of carbonyl (C=O) groups excluding carboxylic acids is 2. The monoisotopic (exact) mass is 338 g/mol. The van der Waals surface area contributed by atoms with Crippen LogP contribution in [0.3, 0.4) is 0 Å². The molecule has 0 unspecified atom stereocenters.